The second kappa shape index (κ2) is 7.85. The zero-order valence-electron chi connectivity index (χ0n) is 14.4. The zero-order chi connectivity index (χ0) is 17.0. The summed E-state index contributed by atoms with van der Waals surface area (Å²) in [6.45, 7) is 3.98. The predicted octanol–water partition coefficient (Wildman–Crippen LogP) is 4.64. The molecule has 0 saturated carbocycles. The highest BCUT2D eigenvalue weighted by Crippen LogP contribution is 2.46. The number of carbonyl (C=O) groups excluding carboxylic acids is 1. The lowest BCUT2D eigenvalue weighted by Gasteiger charge is -2.32. The highest BCUT2D eigenvalue weighted by Gasteiger charge is 2.54. The van der Waals surface area contributed by atoms with Gasteiger partial charge < -0.3 is 14.4 Å². The van der Waals surface area contributed by atoms with Crippen LogP contribution in [-0.2, 0) is 20.1 Å². The molecule has 2 heterocycles. The number of hydrogen-bond donors (Lipinski definition) is 0. The molecule has 1 aromatic rings. The number of halogens is 1. The van der Waals surface area contributed by atoms with E-state index < -0.39 is 5.79 Å². The van der Waals surface area contributed by atoms with Crippen LogP contribution in [0.2, 0.25) is 5.02 Å². The number of unbranched alkanes of at least 4 members (excludes halogenated alkanes) is 5. The van der Waals surface area contributed by atoms with Crippen LogP contribution in [-0.4, -0.2) is 25.7 Å². The van der Waals surface area contributed by atoms with Crippen LogP contribution < -0.4 is 4.90 Å². The van der Waals surface area contributed by atoms with Gasteiger partial charge in [0.2, 0.25) is 0 Å². The van der Waals surface area contributed by atoms with E-state index in [1.165, 1.54) is 25.7 Å². The maximum absolute atomic E-state index is 13.0. The molecule has 4 nitrogen and oxygen atoms in total. The third-order valence-electron chi connectivity index (χ3n) is 4.77. The minimum absolute atomic E-state index is 0.104. The first-order chi connectivity index (χ1) is 11.7. The fourth-order valence-electron chi connectivity index (χ4n) is 3.49. The largest absolute Gasteiger partial charge is 0.338 e. The Balaban J connectivity index is 1.73. The number of anilines is 1. The van der Waals surface area contributed by atoms with E-state index in [-0.39, 0.29) is 5.91 Å². The maximum Gasteiger partial charge on any atom is 0.292 e. The van der Waals surface area contributed by atoms with Gasteiger partial charge in [0.15, 0.2) is 0 Å². The second-order valence-corrected chi connectivity index (χ2v) is 6.99. The van der Waals surface area contributed by atoms with Gasteiger partial charge in [-0.25, -0.2) is 0 Å². The number of hydrogen-bond acceptors (Lipinski definition) is 3. The Labute approximate surface area is 149 Å². The van der Waals surface area contributed by atoms with Gasteiger partial charge in [0.05, 0.1) is 18.9 Å². The molecule has 0 radical (unpaired) electrons. The minimum atomic E-state index is -1.28. The highest BCUT2D eigenvalue weighted by atomic mass is 35.5. The van der Waals surface area contributed by atoms with Crippen LogP contribution in [0.15, 0.2) is 18.2 Å². The van der Waals surface area contributed by atoms with E-state index in [2.05, 4.69) is 6.92 Å². The molecule has 1 spiro atoms. The summed E-state index contributed by atoms with van der Waals surface area (Å²) in [6.07, 6.45) is 7.97. The Bertz CT molecular complexity index is 584. The van der Waals surface area contributed by atoms with Gasteiger partial charge in [-0.15, -0.1) is 0 Å². The molecule has 0 aromatic heterocycles. The standard InChI is InChI=1S/C19H26ClNO3/c1-2-3-4-5-6-7-11-21-17-10-9-15(20)14-16(17)19(18(21)22)23-12-8-13-24-19/h9-10,14H,2-8,11-13H2,1H3. The molecular weight excluding hydrogens is 326 g/mol. The first-order valence-corrected chi connectivity index (χ1v) is 9.47. The molecule has 1 amide bonds. The van der Waals surface area contributed by atoms with E-state index >= 15 is 0 Å². The Morgan fingerprint density at radius 1 is 1.12 bits per heavy atom. The van der Waals surface area contributed by atoms with Crippen molar-refractivity contribution in [1.29, 1.82) is 0 Å². The molecule has 1 saturated heterocycles. The van der Waals surface area contributed by atoms with Crippen molar-refractivity contribution in [3.8, 4) is 0 Å². The molecule has 2 aliphatic rings. The molecule has 0 unspecified atom stereocenters. The van der Waals surface area contributed by atoms with Crippen LogP contribution in [0.1, 0.15) is 57.4 Å². The monoisotopic (exact) mass is 351 g/mol. The van der Waals surface area contributed by atoms with Gasteiger partial charge in [-0.05, 0) is 31.0 Å². The summed E-state index contributed by atoms with van der Waals surface area (Å²) >= 11 is 6.16. The number of rotatable bonds is 7. The molecule has 24 heavy (non-hydrogen) atoms. The first kappa shape index (κ1) is 17.7. The van der Waals surface area contributed by atoms with Crippen molar-refractivity contribution in [2.24, 2.45) is 0 Å². The third-order valence-corrected chi connectivity index (χ3v) is 5.00. The van der Waals surface area contributed by atoms with Crippen LogP contribution in [0.25, 0.3) is 0 Å². The van der Waals surface area contributed by atoms with E-state index in [0.29, 0.717) is 24.8 Å². The molecule has 2 aliphatic heterocycles. The van der Waals surface area contributed by atoms with E-state index in [9.17, 15) is 4.79 Å². The van der Waals surface area contributed by atoms with Crippen LogP contribution in [0, 0.1) is 0 Å². The van der Waals surface area contributed by atoms with Crippen molar-refractivity contribution in [3.63, 3.8) is 0 Å². The molecule has 0 N–H and O–H groups in total. The minimum Gasteiger partial charge on any atom is -0.338 e. The molecule has 5 heteroatoms. The molecule has 1 aromatic carbocycles. The molecule has 0 atom stereocenters. The SMILES string of the molecule is CCCCCCCCN1C(=O)C2(OCCCO2)c2cc(Cl)ccc21. The van der Waals surface area contributed by atoms with Crippen molar-refractivity contribution >= 4 is 23.2 Å². The summed E-state index contributed by atoms with van der Waals surface area (Å²) < 4.78 is 11.7. The van der Waals surface area contributed by atoms with Gasteiger partial charge in [-0.3, -0.25) is 4.79 Å². The van der Waals surface area contributed by atoms with E-state index in [0.717, 1.165) is 30.5 Å². The van der Waals surface area contributed by atoms with Gasteiger partial charge in [0.25, 0.3) is 11.7 Å². The van der Waals surface area contributed by atoms with E-state index in [1.54, 1.807) is 6.07 Å². The van der Waals surface area contributed by atoms with Crippen LogP contribution in [0.4, 0.5) is 5.69 Å². The van der Waals surface area contributed by atoms with Crippen molar-refractivity contribution in [2.45, 2.75) is 57.7 Å². The second-order valence-electron chi connectivity index (χ2n) is 6.55. The average molecular weight is 352 g/mol. The quantitative estimate of drug-likeness (QED) is 0.672. The number of benzene rings is 1. The molecule has 1 fully saturated rings. The summed E-state index contributed by atoms with van der Waals surface area (Å²) in [7, 11) is 0. The molecule has 0 bridgehead atoms. The molecule has 0 aliphatic carbocycles. The van der Waals surface area contributed by atoms with Crippen molar-refractivity contribution < 1.29 is 14.3 Å². The number of fused-ring (bicyclic) bond motifs is 2. The molecule has 132 valence electrons. The highest BCUT2D eigenvalue weighted by molar-refractivity contribution is 6.31. The normalized spacial score (nSPS) is 19.1. The summed E-state index contributed by atoms with van der Waals surface area (Å²) in [5, 5.41) is 0.597. The first-order valence-electron chi connectivity index (χ1n) is 9.09. The fraction of sp³-hybridized carbons (Fsp3) is 0.632. The zero-order valence-corrected chi connectivity index (χ0v) is 15.1. The lowest BCUT2D eigenvalue weighted by atomic mass is 10.1. The van der Waals surface area contributed by atoms with E-state index in [1.807, 2.05) is 17.0 Å². The van der Waals surface area contributed by atoms with Crippen LogP contribution >= 0.6 is 11.6 Å². The van der Waals surface area contributed by atoms with Crippen molar-refractivity contribution in [3.05, 3.63) is 28.8 Å². The van der Waals surface area contributed by atoms with Crippen molar-refractivity contribution in [1.82, 2.24) is 0 Å². The summed E-state index contributed by atoms with van der Waals surface area (Å²) in [5.74, 6) is -1.38. The lowest BCUT2D eigenvalue weighted by molar-refractivity contribution is -0.256. The van der Waals surface area contributed by atoms with Crippen LogP contribution in [0.5, 0.6) is 0 Å². The Morgan fingerprint density at radius 3 is 2.58 bits per heavy atom. The maximum atomic E-state index is 13.0. The van der Waals surface area contributed by atoms with Gasteiger partial charge in [0.1, 0.15) is 0 Å². The fourth-order valence-corrected chi connectivity index (χ4v) is 3.67. The summed E-state index contributed by atoms with van der Waals surface area (Å²) in [4.78, 5) is 14.9. The number of ether oxygens (including phenoxy) is 2. The Kier molecular flexibility index (Phi) is 5.80. The molecular formula is C19H26ClNO3. The smallest absolute Gasteiger partial charge is 0.292 e. The van der Waals surface area contributed by atoms with Gasteiger partial charge in [-0.2, -0.15) is 0 Å². The van der Waals surface area contributed by atoms with Gasteiger partial charge >= 0.3 is 0 Å². The Hall–Kier alpha value is -1.10. The molecule has 3 rings (SSSR count). The van der Waals surface area contributed by atoms with Gasteiger partial charge in [0, 0.05) is 17.1 Å². The number of carbonyl (C=O) groups is 1. The third kappa shape index (κ3) is 3.32. The topological polar surface area (TPSA) is 38.8 Å². The van der Waals surface area contributed by atoms with Crippen molar-refractivity contribution in [2.75, 3.05) is 24.7 Å². The number of nitrogens with zero attached hydrogens (tertiary/aromatic N) is 1. The average Bonchev–Trinajstić information content (AvgIpc) is 2.81. The summed E-state index contributed by atoms with van der Waals surface area (Å²) in [5.41, 5.74) is 1.63. The Morgan fingerprint density at radius 2 is 1.83 bits per heavy atom. The lowest BCUT2D eigenvalue weighted by Crippen LogP contribution is -2.47. The predicted molar refractivity (Wildman–Crippen MR) is 95.4 cm³/mol. The number of amides is 1. The van der Waals surface area contributed by atoms with Gasteiger partial charge in [-0.1, -0.05) is 50.6 Å². The summed E-state index contributed by atoms with van der Waals surface area (Å²) in [6, 6.07) is 5.54. The van der Waals surface area contributed by atoms with E-state index in [4.69, 9.17) is 21.1 Å². The van der Waals surface area contributed by atoms with Crippen LogP contribution in [0.3, 0.4) is 0 Å².